The summed E-state index contributed by atoms with van der Waals surface area (Å²) in [5.74, 6) is 0.576. The summed E-state index contributed by atoms with van der Waals surface area (Å²) >= 11 is 0. The fourth-order valence-corrected chi connectivity index (χ4v) is 6.88. The molecular weight excluding hydrogens is 623 g/mol. The number of hydrogen-bond donors (Lipinski definition) is 0. The summed E-state index contributed by atoms with van der Waals surface area (Å²) in [6.07, 6.45) is 0. The van der Waals surface area contributed by atoms with Crippen molar-refractivity contribution >= 4 is 56.0 Å². The van der Waals surface area contributed by atoms with Gasteiger partial charge in [-0.25, -0.2) is 4.98 Å². The average Bonchev–Trinajstić information content (AvgIpc) is 3.67. The van der Waals surface area contributed by atoms with Gasteiger partial charge in [0.05, 0.1) is 16.8 Å². The van der Waals surface area contributed by atoms with Crippen LogP contribution in [-0.2, 0) is 0 Å². The molecule has 0 saturated carbocycles. The third-order valence-electron chi connectivity index (χ3n) is 9.24. The van der Waals surface area contributed by atoms with Gasteiger partial charge >= 0.3 is 0 Å². The standard InChI is InChI=1S/C47H33N3O/c1-6-17-34(18-7-1)35-29-31-41(32-30-35)50(40-26-14-5-15-27-40)43-33-37-21-16-28-42(49(38-22-10-3-11-23-38)39-24-12-4-13-25-39)44(37)46-45(43)48-47(51-46)36-19-8-2-9-20-36/h1-33H. The van der Waals surface area contributed by atoms with Crippen molar-refractivity contribution in [3.8, 4) is 22.6 Å². The van der Waals surface area contributed by atoms with Crippen LogP contribution in [0.1, 0.15) is 0 Å². The SMILES string of the molecule is c1ccc(-c2ccc(N(c3ccccc3)c3cc4cccc(N(c5ccccc5)c5ccccc5)c4c4oc(-c5ccccc5)nc34)cc2)cc1. The molecule has 4 nitrogen and oxygen atoms in total. The molecule has 0 radical (unpaired) electrons. The van der Waals surface area contributed by atoms with Crippen LogP contribution in [0.5, 0.6) is 0 Å². The van der Waals surface area contributed by atoms with Crippen LogP contribution in [0, 0.1) is 0 Å². The lowest BCUT2D eigenvalue weighted by molar-refractivity contribution is 0.623. The van der Waals surface area contributed by atoms with Crippen molar-refractivity contribution in [2.45, 2.75) is 0 Å². The first-order valence-corrected chi connectivity index (χ1v) is 17.1. The number of hydrogen-bond acceptors (Lipinski definition) is 4. The first-order chi connectivity index (χ1) is 25.3. The lowest BCUT2D eigenvalue weighted by Gasteiger charge is -2.28. The molecule has 4 heteroatoms. The summed E-state index contributed by atoms with van der Waals surface area (Å²) in [5, 5.41) is 2.04. The van der Waals surface area contributed by atoms with Gasteiger partial charge in [-0.2, -0.15) is 0 Å². The van der Waals surface area contributed by atoms with Crippen LogP contribution in [0.15, 0.2) is 205 Å². The van der Waals surface area contributed by atoms with Crippen LogP contribution in [0.2, 0.25) is 0 Å². The molecule has 242 valence electrons. The molecule has 0 N–H and O–H groups in total. The van der Waals surface area contributed by atoms with Gasteiger partial charge in [0.1, 0.15) is 5.52 Å². The molecule has 0 amide bonds. The zero-order valence-electron chi connectivity index (χ0n) is 27.8. The van der Waals surface area contributed by atoms with E-state index in [4.69, 9.17) is 9.40 Å². The smallest absolute Gasteiger partial charge is 0.227 e. The summed E-state index contributed by atoms with van der Waals surface area (Å²) in [7, 11) is 0. The Morgan fingerprint density at radius 3 is 1.37 bits per heavy atom. The minimum Gasteiger partial charge on any atom is -0.435 e. The number of aromatic nitrogens is 1. The van der Waals surface area contributed by atoms with Crippen LogP contribution in [-0.4, -0.2) is 4.98 Å². The number of fused-ring (bicyclic) bond motifs is 3. The Morgan fingerprint density at radius 2 is 0.824 bits per heavy atom. The van der Waals surface area contributed by atoms with Gasteiger partial charge in [-0.15, -0.1) is 0 Å². The van der Waals surface area contributed by atoms with Gasteiger partial charge in [0.15, 0.2) is 5.58 Å². The van der Waals surface area contributed by atoms with E-state index in [2.05, 4.69) is 155 Å². The summed E-state index contributed by atoms with van der Waals surface area (Å²) in [6.45, 7) is 0. The highest BCUT2D eigenvalue weighted by Gasteiger charge is 2.25. The predicted molar refractivity (Wildman–Crippen MR) is 212 cm³/mol. The molecule has 8 aromatic carbocycles. The lowest BCUT2D eigenvalue weighted by atomic mass is 10.0. The van der Waals surface area contributed by atoms with Gasteiger partial charge in [-0.1, -0.05) is 127 Å². The number of rotatable bonds is 8. The van der Waals surface area contributed by atoms with E-state index < -0.39 is 0 Å². The van der Waals surface area contributed by atoms with Crippen LogP contribution in [0.4, 0.5) is 34.1 Å². The van der Waals surface area contributed by atoms with Crippen molar-refractivity contribution < 1.29 is 4.42 Å². The Morgan fingerprint density at radius 1 is 0.373 bits per heavy atom. The highest BCUT2D eigenvalue weighted by molar-refractivity contribution is 6.17. The van der Waals surface area contributed by atoms with E-state index in [0.29, 0.717) is 5.89 Å². The molecule has 0 atom stereocenters. The molecule has 0 fully saturated rings. The molecule has 51 heavy (non-hydrogen) atoms. The van der Waals surface area contributed by atoms with Gasteiger partial charge in [0, 0.05) is 28.3 Å². The zero-order chi connectivity index (χ0) is 34.0. The van der Waals surface area contributed by atoms with E-state index >= 15 is 0 Å². The van der Waals surface area contributed by atoms with E-state index in [1.165, 1.54) is 5.56 Å². The maximum Gasteiger partial charge on any atom is 0.227 e. The second kappa shape index (κ2) is 13.2. The van der Waals surface area contributed by atoms with Gasteiger partial charge in [0.2, 0.25) is 5.89 Å². The Labute approximate surface area is 297 Å². The average molecular weight is 656 g/mol. The predicted octanol–water partition coefficient (Wildman–Crippen LogP) is 13.3. The summed E-state index contributed by atoms with van der Waals surface area (Å²) in [5.41, 5.74) is 10.9. The number of oxazole rings is 1. The molecule has 0 aliphatic heterocycles. The fourth-order valence-electron chi connectivity index (χ4n) is 6.88. The normalized spacial score (nSPS) is 11.1. The topological polar surface area (TPSA) is 32.5 Å². The highest BCUT2D eigenvalue weighted by atomic mass is 16.3. The van der Waals surface area contributed by atoms with E-state index in [-0.39, 0.29) is 0 Å². The van der Waals surface area contributed by atoms with Crippen molar-refractivity contribution in [2.75, 3.05) is 9.80 Å². The van der Waals surface area contributed by atoms with E-state index in [9.17, 15) is 0 Å². The number of para-hydroxylation sites is 3. The molecule has 0 saturated heterocycles. The van der Waals surface area contributed by atoms with Crippen molar-refractivity contribution in [1.82, 2.24) is 4.98 Å². The van der Waals surface area contributed by atoms with Crippen LogP contribution >= 0.6 is 0 Å². The third kappa shape index (κ3) is 5.69. The van der Waals surface area contributed by atoms with Crippen LogP contribution < -0.4 is 9.80 Å². The minimum atomic E-state index is 0.576. The fraction of sp³-hybridized carbons (Fsp3) is 0. The molecule has 1 heterocycles. The van der Waals surface area contributed by atoms with Gasteiger partial charge in [-0.3, -0.25) is 0 Å². The summed E-state index contributed by atoms with van der Waals surface area (Å²) in [6, 6.07) is 69.6. The zero-order valence-corrected chi connectivity index (χ0v) is 27.8. The maximum absolute atomic E-state index is 6.91. The number of nitrogens with zero attached hydrogens (tertiary/aromatic N) is 3. The molecular formula is C47H33N3O. The third-order valence-corrected chi connectivity index (χ3v) is 9.24. The second-order valence-electron chi connectivity index (χ2n) is 12.4. The number of benzene rings is 8. The lowest BCUT2D eigenvalue weighted by Crippen LogP contribution is -2.12. The van der Waals surface area contributed by atoms with Crippen molar-refractivity contribution in [2.24, 2.45) is 0 Å². The molecule has 1 aromatic heterocycles. The number of anilines is 6. The van der Waals surface area contributed by atoms with Gasteiger partial charge in [-0.05, 0) is 89.3 Å². The second-order valence-corrected chi connectivity index (χ2v) is 12.4. The van der Waals surface area contributed by atoms with Crippen LogP contribution in [0.25, 0.3) is 44.5 Å². The molecule has 9 rings (SSSR count). The Balaban J connectivity index is 1.32. The Bertz CT molecular complexity index is 2510. The molecule has 9 aromatic rings. The molecule has 0 spiro atoms. The van der Waals surface area contributed by atoms with E-state index in [1.807, 2.05) is 54.6 Å². The molecule has 0 aliphatic rings. The molecule has 0 aliphatic carbocycles. The van der Waals surface area contributed by atoms with Crippen molar-refractivity contribution in [3.05, 3.63) is 200 Å². The molecule has 0 unspecified atom stereocenters. The largest absolute Gasteiger partial charge is 0.435 e. The quantitative estimate of drug-likeness (QED) is 0.163. The summed E-state index contributed by atoms with van der Waals surface area (Å²) < 4.78 is 6.91. The van der Waals surface area contributed by atoms with Crippen molar-refractivity contribution in [3.63, 3.8) is 0 Å². The van der Waals surface area contributed by atoms with Gasteiger partial charge < -0.3 is 14.2 Å². The van der Waals surface area contributed by atoms with Crippen molar-refractivity contribution in [1.29, 1.82) is 0 Å². The van der Waals surface area contributed by atoms with E-state index in [1.54, 1.807) is 0 Å². The van der Waals surface area contributed by atoms with Gasteiger partial charge in [0.25, 0.3) is 0 Å². The first kappa shape index (κ1) is 30.2. The summed E-state index contributed by atoms with van der Waals surface area (Å²) in [4.78, 5) is 9.87. The van der Waals surface area contributed by atoms with E-state index in [0.717, 1.165) is 67.1 Å². The van der Waals surface area contributed by atoms with Crippen LogP contribution in [0.3, 0.4) is 0 Å². The maximum atomic E-state index is 6.91. The monoisotopic (exact) mass is 655 g/mol. The first-order valence-electron chi connectivity index (χ1n) is 17.1. The Hall–Kier alpha value is -6.91. The molecule has 0 bridgehead atoms. The minimum absolute atomic E-state index is 0.576. The highest BCUT2D eigenvalue weighted by Crippen LogP contribution is 2.47. The Kier molecular flexibility index (Phi) is 7.80.